The van der Waals surface area contributed by atoms with Gasteiger partial charge in [-0.05, 0) is 6.92 Å². The van der Waals surface area contributed by atoms with Crippen molar-refractivity contribution in [2.75, 3.05) is 6.67 Å². The van der Waals surface area contributed by atoms with Crippen molar-refractivity contribution in [1.82, 2.24) is 10.7 Å². The number of nitrogens with one attached hydrogen (secondary N) is 2. The quantitative estimate of drug-likeness (QED) is 0.267. The number of halogens is 1. The molecule has 0 unspecified atom stereocenters. The number of carbonyl (C=O) groups is 2. The van der Waals surface area contributed by atoms with E-state index in [1.165, 1.54) is 6.92 Å². The van der Waals surface area contributed by atoms with Crippen molar-refractivity contribution in [2.45, 2.75) is 13.0 Å². The number of hydrogen-bond donors (Lipinski definition) is 3. The van der Waals surface area contributed by atoms with Crippen LogP contribution in [0.25, 0.3) is 0 Å². The third-order valence-corrected chi connectivity index (χ3v) is 1.03. The van der Waals surface area contributed by atoms with E-state index in [1.807, 2.05) is 5.43 Å². The topological polar surface area (TPSA) is 84.2 Å². The Balaban J connectivity index is 3.77. The molecule has 0 aromatic rings. The fraction of sp³-hybridized carbons (Fsp3) is 0.600. The van der Waals surface area contributed by atoms with E-state index in [4.69, 9.17) is 5.84 Å². The average molecular weight is 163 g/mol. The van der Waals surface area contributed by atoms with E-state index in [0.29, 0.717) is 0 Å². The highest BCUT2D eigenvalue weighted by atomic mass is 19.1. The molecule has 0 aliphatic rings. The predicted molar refractivity (Wildman–Crippen MR) is 35.9 cm³/mol. The first-order valence-corrected chi connectivity index (χ1v) is 2.97. The summed E-state index contributed by atoms with van der Waals surface area (Å²) in [7, 11) is 0. The molecule has 0 bridgehead atoms. The molecule has 64 valence electrons. The fourth-order valence-corrected chi connectivity index (χ4v) is 0.471. The van der Waals surface area contributed by atoms with Crippen molar-refractivity contribution in [3.8, 4) is 0 Å². The summed E-state index contributed by atoms with van der Waals surface area (Å²) in [6, 6.07) is -0.803. The zero-order valence-electron chi connectivity index (χ0n) is 6.06. The number of hydrazine groups is 1. The Bertz CT molecular complexity index is 162. The summed E-state index contributed by atoms with van der Waals surface area (Å²) >= 11 is 0. The van der Waals surface area contributed by atoms with Gasteiger partial charge in [-0.25, -0.2) is 10.2 Å². The lowest BCUT2D eigenvalue weighted by atomic mass is 10.3. The van der Waals surface area contributed by atoms with Crippen LogP contribution in [0.5, 0.6) is 0 Å². The molecule has 0 radical (unpaired) electrons. The molecule has 11 heavy (non-hydrogen) atoms. The minimum Gasteiger partial charge on any atom is -0.342 e. The van der Waals surface area contributed by atoms with Gasteiger partial charge in [-0.2, -0.15) is 0 Å². The second kappa shape index (κ2) is 4.62. The van der Waals surface area contributed by atoms with Crippen LogP contribution < -0.4 is 16.6 Å². The van der Waals surface area contributed by atoms with E-state index in [-0.39, 0.29) is 0 Å². The highest BCUT2D eigenvalue weighted by molar-refractivity contribution is 5.87. The molecule has 0 aliphatic carbocycles. The molecule has 4 N–H and O–H groups in total. The zero-order chi connectivity index (χ0) is 8.85. The third-order valence-electron chi connectivity index (χ3n) is 1.03. The number of carbonyl (C=O) groups excluding carboxylic acids is 2. The molecule has 1 atom stereocenters. The summed E-state index contributed by atoms with van der Waals surface area (Å²) in [4.78, 5) is 20.9. The van der Waals surface area contributed by atoms with E-state index in [9.17, 15) is 14.0 Å². The predicted octanol–water partition coefficient (Wildman–Crippen LogP) is -1.55. The molecule has 0 spiro atoms. The molecule has 0 rings (SSSR count). The Kier molecular flexibility index (Phi) is 4.12. The average Bonchev–Trinajstić information content (AvgIpc) is 2.02. The maximum atomic E-state index is 11.5. The van der Waals surface area contributed by atoms with Gasteiger partial charge in [0.1, 0.15) is 6.04 Å². The molecule has 0 saturated carbocycles. The first-order valence-electron chi connectivity index (χ1n) is 2.97. The summed E-state index contributed by atoms with van der Waals surface area (Å²) in [6.07, 6.45) is 0. The van der Waals surface area contributed by atoms with Crippen molar-refractivity contribution in [2.24, 2.45) is 5.84 Å². The largest absolute Gasteiger partial charge is 0.342 e. The molecule has 0 fully saturated rings. The van der Waals surface area contributed by atoms with E-state index < -0.39 is 24.5 Å². The van der Waals surface area contributed by atoms with Gasteiger partial charge in [0.2, 0.25) is 0 Å². The van der Waals surface area contributed by atoms with Crippen LogP contribution in [-0.2, 0) is 9.59 Å². The molecule has 0 aromatic carbocycles. The molecule has 0 aliphatic heterocycles. The van der Waals surface area contributed by atoms with Crippen LogP contribution >= 0.6 is 0 Å². The van der Waals surface area contributed by atoms with Gasteiger partial charge in [0.05, 0.1) is 0 Å². The minimum atomic E-state index is -1.14. The SMILES string of the molecule is C[C@H](NC(=O)CF)C(=O)NN. The molecular formula is C5H10FN3O2. The summed E-state index contributed by atoms with van der Waals surface area (Å²) < 4.78 is 11.5. The van der Waals surface area contributed by atoms with Crippen molar-refractivity contribution < 1.29 is 14.0 Å². The molecular weight excluding hydrogens is 153 g/mol. The van der Waals surface area contributed by atoms with Crippen LogP contribution in [0, 0.1) is 0 Å². The van der Waals surface area contributed by atoms with Crippen LogP contribution in [0.1, 0.15) is 6.92 Å². The second-order valence-electron chi connectivity index (χ2n) is 1.93. The lowest BCUT2D eigenvalue weighted by molar-refractivity contribution is -0.129. The molecule has 5 nitrogen and oxygen atoms in total. The maximum absolute atomic E-state index is 11.5. The van der Waals surface area contributed by atoms with Crippen LogP contribution in [0.15, 0.2) is 0 Å². The van der Waals surface area contributed by atoms with Gasteiger partial charge in [-0.3, -0.25) is 15.0 Å². The van der Waals surface area contributed by atoms with Crippen molar-refractivity contribution in [1.29, 1.82) is 0 Å². The van der Waals surface area contributed by atoms with E-state index in [1.54, 1.807) is 0 Å². The Morgan fingerprint density at radius 2 is 2.18 bits per heavy atom. The minimum absolute atomic E-state index is 0.563. The van der Waals surface area contributed by atoms with Crippen molar-refractivity contribution >= 4 is 11.8 Å². The first-order chi connectivity index (χ1) is 5.11. The molecule has 6 heteroatoms. The Labute approximate surface area is 63.1 Å². The van der Waals surface area contributed by atoms with Gasteiger partial charge in [0.15, 0.2) is 6.67 Å². The highest BCUT2D eigenvalue weighted by Gasteiger charge is 2.13. The zero-order valence-corrected chi connectivity index (χ0v) is 6.06. The van der Waals surface area contributed by atoms with Crippen LogP contribution in [-0.4, -0.2) is 24.5 Å². The lowest BCUT2D eigenvalue weighted by Gasteiger charge is -2.09. The van der Waals surface area contributed by atoms with Crippen molar-refractivity contribution in [3.63, 3.8) is 0 Å². The van der Waals surface area contributed by atoms with Gasteiger partial charge in [0.25, 0.3) is 11.8 Å². The van der Waals surface area contributed by atoms with Crippen LogP contribution in [0.3, 0.4) is 0 Å². The molecule has 0 saturated heterocycles. The monoisotopic (exact) mass is 163 g/mol. The molecule has 0 aromatic heterocycles. The normalized spacial score (nSPS) is 11.9. The first kappa shape index (κ1) is 9.83. The summed E-state index contributed by atoms with van der Waals surface area (Å²) in [5.74, 6) is 3.35. The summed E-state index contributed by atoms with van der Waals surface area (Å²) in [5, 5.41) is 2.07. The maximum Gasteiger partial charge on any atom is 0.256 e. The standard InChI is InChI=1S/C5H10FN3O2/c1-3(5(11)9-7)8-4(10)2-6/h3H,2,7H2,1H3,(H,8,10)(H,9,11)/t3-/m0/s1. The number of nitrogens with two attached hydrogens (primary N) is 1. The van der Waals surface area contributed by atoms with E-state index in [2.05, 4.69) is 5.32 Å². The van der Waals surface area contributed by atoms with Gasteiger partial charge in [0, 0.05) is 0 Å². The number of alkyl halides is 1. The Morgan fingerprint density at radius 3 is 2.55 bits per heavy atom. The van der Waals surface area contributed by atoms with Gasteiger partial charge in [-0.15, -0.1) is 0 Å². The summed E-state index contributed by atoms with van der Waals surface area (Å²) in [5.41, 5.74) is 1.82. The Morgan fingerprint density at radius 1 is 1.64 bits per heavy atom. The molecule has 0 heterocycles. The van der Waals surface area contributed by atoms with Gasteiger partial charge < -0.3 is 5.32 Å². The number of rotatable bonds is 3. The second-order valence-corrected chi connectivity index (χ2v) is 1.93. The number of hydrogen-bond acceptors (Lipinski definition) is 3. The van der Waals surface area contributed by atoms with E-state index >= 15 is 0 Å². The molecule has 2 amide bonds. The van der Waals surface area contributed by atoms with Crippen LogP contribution in [0.2, 0.25) is 0 Å². The summed E-state index contributed by atoms with van der Waals surface area (Å²) in [6.45, 7) is 0.262. The van der Waals surface area contributed by atoms with E-state index in [0.717, 1.165) is 0 Å². The van der Waals surface area contributed by atoms with Crippen LogP contribution in [0.4, 0.5) is 4.39 Å². The van der Waals surface area contributed by atoms with Gasteiger partial charge >= 0.3 is 0 Å². The highest BCUT2D eigenvalue weighted by Crippen LogP contribution is 1.80. The fourth-order valence-electron chi connectivity index (χ4n) is 0.471. The van der Waals surface area contributed by atoms with Crippen molar-refractivity contribution in [3.05, 3.63) is 0 Å². The smallest absolute Gasteiger partial charge is 0.256 e. The van der Waals surface area contributed by atoms with Gasteiger partial charge in [-0.1, -0.05) is 0 Å². The number of amides is 2. The lowest BCUT2D eigenvalue weighted by Crippen LogP contribution is -2.47. The Hall–Kier alpha value is -1.17. The third kappa shape index (κ3) is 3.51.